The van der Waals surface area contributed by atoms with Crippen molar-refractivity contribution >= 4 is 17.4 Å². The minimum absolute atomic E-state index is 0.00602. The number of carbonyl (C=O) groups excluding carboxylic acids is 1. The summed E-state index contributed by atoms with van der Waals surface area (Å²) in [6, 6.07) is 3.20. The minimum atomic E-state index is -4.52. The standard InChI is InChI=1S/C28H33F3N8O2/c1-3-25(40)39-14-13-38(16-19(39)6-9-32)26-21-8-12-37(24-15-33-10-7-22(24)28(29,30)31)17-23(21)34-27(35-26)41-18-20-5-4-11-36(20)2/h3,7,10,15,19-20H,1,4-6,8,11-14,16-18H2,2H3/t19?,20-/m0/s1. The second kappa shape index (κ2) is 11.9. The molecule has 41 heavy (non-hydrogen) atoms. The van der Waals surface area contributed by atoms with Gasteiger partial charge in [-0.1, -0.05) is 6.58 Å². The van der Waals surface area contributed by atoms with Crippen molar-refractivity contribution in [1.29, 1.82) is 5.26 Å². The SMILES string of the molecule is C=CC(=O)N1CCN(c2nc(OC[C@@H]3CCCN3C)nc3c2CCN(c2cnccc2C(F)(F)F)C3)CC1CC#N. The molecular weight excluding hydrogens is 537 g/mol. The molecule has 0 spiro atoms. The highest BCUT2D eigenvalue weighted by atomic mass is 19.4. The molecule has 0 N–H and O–H groups in total. The Labute approximate surface area is 237 Å². The number of likely N-dealkylation sites (tertiary alicyclic amines) is 1. The Morgan fingerprint density at radius 2 is 2.05 bits per heavy atom. The molecule has 2 fully saturated rings. The van der Waals surface area contributed by atoms with Crippen molar-refractivity contribution in [3.8, 4) is 12.1 Å². The van der Waals surface area contributed by atoms with Crippen LogP contribution in [0.1, 0.15) is 36.1 Å². The van der Waals surface area contributed by atoms with Crippen molar-refractivity contribution in [3.05, 3.63) is 47.9 Å². The van der Waals surface area contributed by atoms with Crippen molar-refractivity contribution in [2.24, 2.45) is 0 Å². The van der Waals surface area contributed by atoms with E-state index in [-0.39, 0.29) is 42.7 Å². The molecule has 3 aliphatic rings. The number of amides is 1. The number of nitriles is 1. The van der Waals surface area contributed by atoms with Crippen LogP contribution in [0.3, 0.4) is 0 Å². The number of hydrogen-bond donors (Lipinski definition) is 0. The molecule has 10 nitrogen and oxygen atoms in total. The highest BCUT2D eigenvalue weighted by Gasteiger charge is 2.37. The quantitative estimate of drug-likeness (QED) is 0.465. The van der Waals surface area contributed by atoms with Gasteiger partial charge in [0, 0.05) is 44.0 Å². The summed E-state index contributed by atoms with van der Waals surface area (Å²) in [6.45, 7) is 6.66. The van der Waals surface area contributed by atoms with E-state index in [1.54, 1.807) is 9.80 Å². The lowest BCUT2D eigenvalue weighted by Gasteiger charge is -2.42. The lowest BCUT2D eigenvalue weighted by molar-refractivity contribution is -0.137. The number of fused-ring (bicyclic) bond motifs is 1. The average Bonchev–Trinajstić information content (AvgIpc) is 3.39. The molecule has 0 saturated carbocycles. The van der Waals surface area contributed by atoms with Crippen molar-refractivity contribution in [3.63, 3.8) is 0 Å². The number of hydrogen-bond acceptors (Lipinski definition) is 9. The van der Waals surface area contributed by atoms with Gasteiger partial charge in [0.05, 0.1) is 48.2 Å². The van der Waals surface area contributed by atoms with Crippen LogP contribution in [0.2, 0.25) is 0 Å². The molecule has 5 heterocycles. The summed E-state index contributed by atoms with van der Waals surface area (Å²) in [5, 5.41) is 9.42. The number of alkyl halides is 3. The molecule has 1 amide bonds. The van der Waals surface area contributed by atoms with Gasteiger partial charge in [-0.25, -0.2) is 0 Å². The number of nitrogens with zero attached hydrogens (tertiary/aromatic N) is 8. The van der Waals surface area contributed by atoms with Gasteiger partial charge in [-0.2, -0.15) is 28.4 Å². The largest absolute Gasteiger partial charge is 0.462 e. The van der Waals surface area contributed by atoms with Gasteiger partial charge in [-0.3, -0.25) is 9.78 Å². The molecule has 2 saturated heterocycles. The van der Waals surface area contributed by atoms with Crippen LogP contribution < -0.4 is 14.5 Å². The Morgan fingerprint density at radius 3 is 2.76 bits per heavy atom. The second-order valence-corrected chi connectivity index (χ2v) is 10.6. The molecule has 2 atom stereocenters. The first-order valence-electron chi connectivity index (χ1n) is 13.7. The van der Waals surface area contributed by atoms with E-state index in [2.05, 4.69) is 27.5 Å². The van der Waals surface area contributed by atoms with E-state index in [1.807, 2.05) is 11.9 Å². The number of halogens is 3. The van der Waals surface area contributed by atoms with Gasteiger partial charge in [0.2, 0.25) is 5.91 Å². The zero-order valence-electron chi connectivity index (χ0n) is 23.0. The molecule has 0 bridgehead atoms. The van der Waals surface area contributed by atoms with Crippen molar-refractivity contribution in [2.75, 3.05) is 56.2 Å². The van der Waals surface area contributed by atoms with Gasteiger partial charge < -0.3 is 24.3 Å². The van der Waals surface area contributed by atoms with E-state index in [1.165, 1.54) is 12.3 Å². The van der Waals surface area contributed by atoms with Crippen LogP contribution in [0.5, 0.6) is 6.01 Å². The Morgan fingerprint density at radius 1 is 1.22 bits per heavy atom. The number of likely N-dealkylation sites (N-methyl/N-ethyl adjacent to an activating group) is 1. The predicted molar refractivity (Wildman–Crippen MR) is 145 cm³/mol. The topological polar surface area (TPSA) is 102 Å². The Balaban J connectivity index is 1.47. The molecule has 5 rings (SSSR count). The molecule has 2 aromatic heterocycles. The van der Waals surface area contributed by atoms with E-state index in [0.717, 1.165) is 37.2 Å². The molecule has 1 unspecified atom stereocenters. The van der Waals surface area contributed by atoms with E-state index in [4.69, 9.17) is 9.72 Å². The number of carbonyl (C=O) groups is 1. The summed E-state index contributed by atoms with van der Waals surface area (Å²) in [5.41, 5.74) is 0.692. The fourth-order valence-electron chi connectivity index (χ4n) is 5.89. The molecule has 2 aromatic rings. The van der Waals surface area contributed by atoms with Crippen molar-refractivity contribution in [1.82, 2.24) is 24.8 Å². The summed E-state index contributed by atoms with van der Waals surface area (Å²) in [4.78, 5) is 33.4. The highest BCUT2D eigenvalue weighted by molar-refractivity contribution is 5.87. The maximum absolute atomic E-state index is 13.8. The van der Waals surface area contributed by atoms with E-state index in [0.29, 0.717) is 50.7 Å². The smallest absolute Gasteiger partial charge is 0.418 e. The Hall–Kier alpha value is -3.92. The summed E-state index contributed by atoms with van der Waals surface area (Å²) in [7, 11) is 2.05. The Kier molecular flexibility index (Phi) is 8.30. The molecule has 0 aromatic carbocycles. The summed E-state index contributed by atoms with van der Waals surface area (Å²) in [6.07, 6.45) is 1.76. The normalized spacial score (nSPS) is 21.4. The van der Waals surface area contributed by atoms with Gasteiger partial charge in [0.15, 0.2) is 0 Å². The van der Waals surface area contributed by atoms with E-state index >= 15 is 0 Å². The van der Waals surface area contributed by atoms with Gasteiger partial charge in [-0.05, 0) is 45.0 Å². The van der Waals surface area contributed by atoms with E-state index in [9.17, 15) is 23.2 Å². The monoisotopic (exact) mass is 570 g/mol. The zero-order chi connectivity index (χ0) is 29.1. The first kappa shape index (κ1) is 28.6. The van der Waals surface area contributed by atoms with Crippen LogP contribution in [0.4, 0.5) is 24.7 Å². The summed E-state index contributed by atoms with van der Waals surface area (Å²) in [5.74, 6) is 0.409. The number of ether oxygens (including phenoxy) is 1. The molecule has 3 aliphatic heterocycles. The molecule has 218 valence electrons. The number of piperazine rings is 1. The van der Waals surface area contributed by atoms with Crippen LogP contribution >= 0.6 is 0 Å². The number of rotatable bonds is 7. The zero-order valence-corrected chi connectivity index (χ0v) is 23.0. The van der Waals surface area contributed by atoms with Crippen LogP contribution in [0.25, 0.3) is 0 Å². The first-order chi connectivity index (χ1) is 19.7. The molecule has 0 radical (unpaired) electrons. The van der Waals surface area contributed by atoms with Crippen molar-refractivity contribution in [2.45, 2.75) is 50.5 Å². The molecular formula is C28H33F3N8O2. The summed E-state index contributed by atoms with van der Waals surface area (Å²) < 4.78 is 47.5. The minimum Gasteiger partial charge on any atom is -0.462 e. The van der Waals surface area contributed by atoms with Gasteiger partial charge in [0.25, 0.3) is 0 Å². The first-order valence-corrected chi connectivity index (χ1v) is 13.7. The second-order valence-electron chi connectivity index (χ2n) is 10.6. The number of pyridine rings is 1. The van der Waals surface area contributed by atoms with Gasteiger partial charge in [-0.15, -0.1) is 0 Å². The van der Waals surface area contributed by atoms with Gasteiger partial charge in [0.1, 0.15) is 12.4 Å². The van der Waals surface area contributed by atoms with Crippen molar-refractivity contribution < 1.29 is 22.7 Å². The predicted octanol–water partition coefficient (Wildman–Crippen LogP) is 3.04. The highest BCUT2D eigenvalue weighted by Crippen LogP contribution is 2.39. The van der Waals surface area contributed by atoms with E-state index < -0.39 is 11.7 Å². The third-order valence-corrected chi connectivity index (χ3v) is 8.11. The third kappa shape index (κ3) is 6.07. The maximum Gasteiger partial charge on any atom is 0.418 e. The lowest BCUT2D eigenvalue weighted by Crippen LogP contribution is -2.55. The van der Waals surface area contributed by atoms with Crippen LogP contribution in [-0.2, 0) is 23.9 Å². The third-order valence-electron chi connectivity index (χ3n) is 8.11. The Bertz CT molecular complexity index is 1330. The average molecular weight is 571 g/mol. The molecule has 13 heteroatoms. The van der Waals surface area contributed by atoms with Crippen LogP contribution in [0, 0.1) is 11.3 Å². The maximum atomic E-state index is 13.8. The van der Waals surface area contributed by atoms with Crippen LogP contribution in [0.15, 0.2) is 31.1 Å². The number of anilines is 2. The molecule has 0 aliphatic carbocycles. The summed E-state index contributed by atoms with van der Waals surface area (Å²) >= 11 is 0. The van der Waals surface area contributed by atoms with Crippen LogP contribution in [-0.4, -0.2) is 89.1 Å². The lowest BCUT2D eigenvalue weighted by atomic mass is 10.0. The fourth-order valence-corrected chi connectivity index (χ4v) is 5.89. The fraction of sp³-hybridized carbons (Fsp3) is 0.536. The number of aromatic nitrogens is 3. The van der Waals surface area contributed by atoms with Gasteiger partial charge >= 0.3 is 12.2 Å².